The number of ether oxygens (including phenoxy) is 1. The maximum Gasteiger partial charge on any atom is 0.319 e. The van der Waals surface area contributed by atoms with Crippen molar-refractivity contribution in [3.8, 4) is 0 Å². The molecule has 0 bridgehead atoms. The summed E-state index contributed by atoms with van der Waals surface area (Å²) in [5, 5.41) is 8.43. The maximum absolute atomic E-state index is 12.6. The molecule has 2 aliphatic heterocycles. The van der Waals surface area contributed by atoms with Crippen molar-refractivity contribution in [1.82, 2.24) is 20.5 Å². The largest absolute Gasteiger partial charge is 0.378 e. The fourth-order valence-corrected chi connectivity index (χ4v) is 3.83. The molecule has 10 heteroatoms. The molecule has 1 aromatic carbocycles. The lowest BCUT2D eigenvalue weighted by molar-refractivity contribution is -0.130. The minimum absolute atomic E-state index is 0.0615. The predicted octanol–water partition coefficient (Wildman–Crippen LogP) is 1.37. The molecule has 184 valence electrons. The Morgan fingerprint density at radius 1 is 1.00 bits per heavy atom. The van der Waals surface area contributed by atoms with Gasteiger partial charge in [-0.15, -0.1) is 0 Å². The standard InChI is InChI=1S/C25H30N6O4/c32-22(9-8-20-2-1-3-23(28-20)30-14-16-35-17-15-30)19-4-6-21(7-5-19)29-25(34)27-18-24(33)31-12-10-26-11-13-31/h1-9,26H,10-18H2,(H2,27,29,34). The van der Waals surface area contributed by atoms with Crippen LogP contribution in [0.1, 0.15) is 16.1 Å². The van der Waals surface area contributed by atoms with E-state index in [0.717, 1.165) is 32.0 Å². The molecule has 3 N–H and O–H groups in total. The third kappa shape index (κ3) is 7.11. The molecular formula is C25H30N6O4. The highest BCUT2D eigenvalue weighted by molar-refractivity contribution is 6.07. The van der Waals surface area contributed by atoms with Crippen molar-refractivity contribution < 1.29 is 19.1 Å². The van der Waals surface area contributed by atoms with Crippen molar-refractivity contribution in [3.63, 3.8) is 0 Å². The molecule has 0 spiro atoms. The number of urea groups is 1. The Morgan fingerprint density at radius 3 is 2.49 bits per heavy atom. The lowest BCUT2D eigenvalue weighted by Gasteiger charge is -2.27. The minimum Gasteiger partial charge on any atom is -0.378 e. The Labute approximate surface area is 204 Å². The summed E-state index contributed by atoms with van der Waals surface area (Å²) < 4.78 is 5.38. The van der Waals surface area contributed by atoms with E-state index in [1.54, 1.807) is 35.2 Å². The van der Waals surface area contributed by atoms with Crippen LogP contribution in [0.2, 0.25) is 0 Å². The van der Waals surface area contributed by atoms with Crippen LogP contribution in [0.3, 0.4) is 0 Å². The van der Waals surface area contributed by atoms with E-state index in [2.05, 4.69) is 25.8 Å². The molecule has 2 fully saturated rings. The molecule has 4 rings (SSSR count). The Kier molecular flexibility index (Phi) is 8.42. The van der Waals surface area contributed by atoms with Gasteiger partial charge < -0.3 is 30.5 Å². The summed E-state index contributed by atoms with van der Waals surface area (Å²) >= 11 is 0. The molecule has 2 saturated heterocycles. The van der Waals surface area contributed by atoms with Gasteiger partial charge in [-0.2, -0.15) is 0 Å². The van der Waals surface area contributed by atoms with Crippen LogP contribution >= 0.6 is 0 Å². The molecule has 10 nitrogen and oxygen atoms in total. The van der Waals surface area contributed by atoms with E-state index in [0.29, 0.717) is 43.2 Å². The molecule has 35 heavy (non-hydrogen) atoms. The van der Waals surface area contributed by atoms with Crippen molar-refractivity contribution in [2.75, 3.05) is 69.2 Å². The molecule has 2 aliphatic rings. The van der Waals surface area contributed by atoms with E-state index >= 15 is 0 Å². The number of amides is 3. The van der Waals surface area contributed by atoms with Crippen LogP contribution in [-0.2, 0) is 9.53 Å². The number of pyridine rings is 1. The lowest BCUT2D eigenvalue weighted by atomic mass is 10.1. The third-order valence-corrected chi connectivity index (χ3v) is 5.79. The molecule has 3 amide bonds. The Morgan fingerprint density at radius 2 is 1.74 bits per heavy atom. The van der Waals surface area contributed by atoms with Gasteiger partial charge in [0.25, 0.3) is 0 Å². The van der Waals surface area contributed by atoms with Crippen molar-refractivity contribution in [3.05, 3.63) is 59.8 Å². The van der Waals surface area contributed by atoms with Gasteiger partial charge in [-0.05, 0) is 48.6 Å². The Balaban J connectivity index is 1.26. The van der Waals surface area contributed by atoms with Crippen LogP contribution in [0.25, 0.3) is 6.08 Å². The fraction of sp³-hybridized carbons (Fsp3) is 0.360. The van der Waals surface area contributed by atoms with Crippen molar-refractivity contribution in [1.29, 1.82) is 0 Å². The number of aromatic nitrogens is 1. The van der Waals surface area contributed by atoms with Gasteiger partial charge in [-0.25, -0.2) is 9.78 Å². The topological polar surface area (TPSA) is 116 Å². The smallest absolute Gasteiger partial charge is 0.319 e. The molecule has 1 aromatic heterocycles. The number of hydrogen-bond acceptors (Lipinski definition) is 7. The quantitative estimate of drug-likeness (QED) is 0.407. The van der Waals surface area contributed by atoms with E-state index < -0.39 is 6.03 Å². The second-order valence-electron chi connectivity index (χ2n) is 8.23. The number of allylic oxidation sites excluding steroid dienone is 1. The zero-order valence-corrected chi connectivity index (χ0v) is 19.5. The van der Waals surface area contributed by atoms with Gasteiger partial charge in [0.05, 0.1) is 25.5 Å². The third-order valence-electron chi connectivity index (χ3n) is 5.79. The summed E-state index contributed by atoms with van der Waals surface area (Å²) in [6.07, 6.45) is 3.18. The average Bonchev–Trinajstić information content (AvgIpc) is 2.92. The second-order valence-corrected chi connectivity index (χ2v) is 8.23. The Bertz CT molecular complexity index is 1060. The molecule has 0 unspecified atom stereocenters. The van der Waals surface area contributed by atoms with E-state index in [1.165, 1.54) is 6.08 Å². The number of hydrogen-bond donors (Lipinski definition) is 3. The summed E-state index contributed by atoms with van der Waals surface area (Å²) in [4.78, 5) is 45.3. The average molecular weight is 479 g/mol. The monoisotopic (exact) mass is 478 g/mol. The number of rotatable bonds is 7. The highest BCUT2D eigenvalue weighted by atomic mass is 16.5. The molecule has 0 radical (unpaired) electrons. The lowest BCUT2D eigenvalue weighted by Crippen LogP contribution is -2.49. The van der Waals surface area contributed by atoms with Gasteiger partial charge in [0.15, 0.2) is 5.78 Å². The van der Waals surface area contributed by atoms with Gasteiger partial charge in [0.1, 0.15) is 5.82 Å². The van der Waals surface area contributed by atoms with Gasteiger partial charge in [-0.3, -0.25) is 9.59 Å². The first-order valence-electron chi connectivity index (χ1n) is 11.7. The number of nitrogens with zero attached hydrogens (tertiary/aromatic N) is 3. The number of morpholine rings is 1. The number of nitrogens with one attached hydrogen (secondary N) is 3. The molecular weight excluding hydrogens is 448 g/mol. The zero-order chi connectivity index (χ0) is 24.5. The highest BCUT2D eigenvalue weighted by Crippen LogP contribution is 2.15. The maximum atomic E-state index is 12.6. The van der Waals surface area contributed by atoms with Crippen LogP contribution in [0.4, 0.5) is 16.3 Å². The Hall–Kier alpha value is -3.76. The molecule has 0 aliphatic carbocycles. The van der Waals surface area contributed by atoms with Crippen LogP contribution in [0.5, 0.6) is 0 Å². The summed E-state index contributed by atoms with van der Waals surface area (Å²) in [6, 6.07) is 11.8. The number of piperazine rings is 1. The highest BCUT2D eigenvalue weighted by Gasteiger charge is 2.16. The molecule has 0 saturated carbocycles. The summed E-state index contributed by atoms with van der Waals surface area (Å²) in [5.74, 6) is 0.590. The normalized spacial score (nSPS) is 16.2. The van der Waals surface area contributed by atoms with Gasteiger partial charge in [-0.1, -0.05) is 6.07 Å². The number of anilines is 2. The first-order chi connectivity index (χ1) is 17.1. The van der Waals surface area contributed by atoms with E-state index in [9.17, 15) is 14.4 Å². The number of carbonyl (C=O) groups is 3. The molecule has 0 atom stereocenters. The second kappa shape index (κ2) is 12.1. The molecule has 2 aromatic rings. The summed E-state index contributed by atoms with van der Waals surface area (Å²) in [5.41, 5.74) is 1.72. The number of carbonyl (C=O) groups excluding carboxylic acids is 3. The fourth-order valence-electron chi connectivity index (χ4n) is 3.83. The van der Waals surface area contributed by atoms with Crippen molar-refractivity contribution in [2.24, 2.45) is 0 Å². The summed E-state index contributed by atoms with van der Waals surface area (Å²) in [7, 11) is 0. The van der Waals surface area contributed by atoms with Crippen molar-refractivity contribution in [2.45, 2.75) is 0 Å². The predicted molar refractivity (Wildman–Crippen MR) is 134 cm³/mol. The summed E-state index contributed by atoms with van der Waals surface area (Å²) in [6.45, 7) is 5.69. The van der Waals surface area contributed by atoms with E-state index in [1.807, 2.05) is 18.2 Å². The van der Waals surface area contributed by atoms with Crippen LogP contribution in [-0.4, -0.2) is 86.6 Å². The first kappa shape index (κ1) is 24.4. The van der Waals surface area contributed by atoms with Crippen LogP contribution in [0, 0.1) is 0 Å². The van der Waals surface area contributed by atoms with Gasteiger partial charge in [0.2, 0.25) is 5.91 Å². The number of ketones is 1. The van der Waals surface area contributed by atoms with E-state index in [-0.39, 0.29) is 18.2 Å². The van der Waals surface area contributed by atoms with Crippen molar-refractivity contribution >= 4 is 35.3 Å². The SMILES string of the molecule is O=C(NCC(=O)N1CCNCC1)Nc1ccc(C(=O)C=Cc2cccc(N3CCOCC3)n2)cc1. The van der Waals surface area contributed by atoms with Crippen LogP contribution in [0.15, 0.2) is 48.5 Å². The van der Waals surface area contributed by atoms with Crippen LogP contribution < -0.4 is 20.9 Å². The van der Waals surface area contributed by atoms with Gasteiger partial charge >= 0.3 is 6.03 Å². The van der Waals surface area contributed by atoms with E-state index in [4.69, 9.17) is 4.74 Å². The zero-order valence-electron chi connectivity index (χ0n) is 19.5. The number of benzene rings is 1. The molecule has 3 heterocycles. The minimum atomic E-state index is -0.473. The first-order valence-corrected chi connectivity index (χ1v) is 11.7. The van der Waals surface area contributed by atoms with Gasteiger partial charge in [0, 0.05) is 50.5 Å².